The van der Waals surface area contributed by atoms with Crippen molar-refractivity contribution < 1.29 is 0 Å². The van der Waals surface area contributed by atoms with Crippen LogP contribution in [0.25, 0.3) is 0 Å². The molecule has 17 heavy (non-hydrogen) atoms. The monoisotopic (exact) mass is 295 g/mol. The number of rotatable bonds is 3. The molecule has 0 amide bonds. The molecule has 1 aromatic carbocycles. The van der Waals surface area contributed by atoms with Gasteiger partial charge in [0.1, 0.15) is 0 Å². The smallest absolute Gasteiger partial charge is 0.0210 e. The van der Waals surface area contributed by atoms with Crippen LogP contribution in [0, 0.1) is 11.8 Å². The van der Waals surface area contributed by atoms with Gasteiger partial charge in [-0.25, -0.2) is 0 Å². The maximum Gasteiger partial charge on any atom is 0.0210 e. The van der Waals surface area contributed by atoms with Gasteiger partial charge >= 0.3 is 0 Å². The summed E-state index contributed by atoms with van der Waals surface area (Å²) in [5.74, 6) is 2.29. The summed E-state index contributed by atoms with van der Waals surface area (Å²) in [7, 11) is 0. The van der Waals surface area contributed by atoms with Gasteiger partial charge in [0, 0.05) is 16.9 Å². The maximum atomic E-state index is 3.70. The third kappa shape index (κ3) is 2.92. The highest BCUT2D eigenvalue weighted by molar-refractivity contribution is 9.10. The zero-order chi connectivity index (χ0) is 12.3. The normalized spacial score (nSPS) is 26.8. The van der Waals surface area contributed by atoms with Crippen LogP contribution in [0.15, 0.2) is 28.7 Å². The molecule has 1 saturated heterocycles. The minimum absolute atomic E-state index is 0.661. The van der Waals surface area contributed by atoms with Crippen LogP contribution in [0.5, 0.6) is 0 Å². The molecule has 2 heteroatoms. The van der Waals surface area contributed by atoms with Gasteiger partial charge in [-0.15, -0.1) is 0 Å². The molecule has 1 aliphatic rings. The summed E-state index contributed by atoms with van der Waals surface area (Å²) in [6.07, 6.45) is 2.59. The van der Waals surface area contributed by atoms with Crippen molar-refractivity contribution in [2.24, 2.45) is 11.8 Å². The summed E-state index contributed by atoms with van der Waals surface area (Å²) >= 11 is 3.70. The van der Waals surface area contributed by atoms with E-state index in [1.54, 1.807) is 0 Å². The number of benzene rings is 1. The summed E-state index contributed by atoms with van der Waals surface area (Å²) in [4.78, 5) is 0. The first kappa shape index (κ1) is 13.1. The van der Waals surface area contributed by atoms with E-state index in [1.807, 2.05) is 0 Å². The highest BCUT2D eigenvalue weighted by Gasteiger charge is 2.30. The first-order valence-corrected chi connectivity index (χ1v) is 7.48. The molecule has 1 nitrogen and oxygen atoms in total. The van der Waals surface area contributed by atoms with E-state index in [0.717, 1.165) is 18.4 Å². The lowest BCUT2D eigenvalue weighted by Crippen LogP contribution is -2.37. The summed E-state index contributed by atoms with van der Waals surface area (Å²) in [6, 6.07) is 8.69. The highest BCUT2D eigenvalue weighted by Crippen LogP contribution is 2.38. The first-order valence-electron chi connectivity index (χ1n) is 6.69. The minimum atomic E-state index is 0.661. The fourth-order valence-corrected chi connectivity index (χ4v) is 3.56. The summed E-state index contributed by atoms with van der Waals surface area (Å²) in [6.45, 7) is 7.01. The van der Waals surface area contributed by atoms with Gasteiger partial charge in [0.05, 0.1) is 0 Å². The minimum Gasteiger partial charge on any atom is -0.316 e. The number of hydrogen-bond donors (Lipinski definition) is 1. The molecule has 1 fully saturated rings. The summed E-state index contributed by atoms with van der Waals surface area (Å²) in [5, 5.41) is 3.55. The van der Waals surface area contributed by atoms with E-state index in [4.69, 9.17) is 0 Å². The van der Waals surface area contributed by atoms with Gasteiger partial charge in [-0.05, 0) is 36.4 Å². The Morgan fingerprint density at radius 3 is 2.88 bits per heavy atom. The fourth-order valence-electron chi connectivity index (χ4n) is 2.98. The molecule has 3 atom stereocenters. The van der Waals surface area contributed by atoms with Crippen LogP contribution in [0.1, 0.15) is 38.2 Å². The number of piperidine rings is 1. The molecule has 0 spiro atoms. The second kappa shape index (κ2) is 6.01. The van der Waals surface area contributed by atoms with Crippen LogP contribution in [0.4, 0.5) is 0 Å². The van der Waals surface area contributed by atoms with Crippen LogP contribution in [-0.2, 0) is 0 Å². The lowest BCUT2D eigenvalue weighted by molar-refractivity contribution is 0.233. The van der Waals surface area contributed by atoms with Gasteiger partial charge in [0.25, 0.3) is 0 Å². The zero-order valence-corrected chi connectivity index (χ0v) is 12.3. The van der Waals surface area contributed by atoms with Crippen molar-refractivity contribution >= 4 is 15.9 Å². The molecule has 0 saturated carbocycles. The van der Waals surface area contributed by atoms with E-state index < -0.39 is 0 Å². The molecule has 1 N–H and O–H groups in total. The Hall–Kier alpha value is -0.340. The predicted molar refractivity (Wildman–Crippen MR) is 77.3 cm³/mol. The maximum absolute atomic E-state index is 3.70. The lowest BCUT2D eigenvalue weighted by atomic mass is 9.74. The molecule has 2 rings (SSSR count). The van der Waals surface area contributed by atoms with Crippen molar-refractivity contribution in [2.75, 3.05) is 13.1 Å². The molecule has 0 radical (unpaired) electrons. The molecule has 1 aliphatic heterocycles. The molecule has 94 valence electrons. The van der Waals surface area contributed by atoms with Gasteiger partial charge in [-0.1, -0.05) is 54.4 Å². The van der Waals surface area contributed by atoms with Crippen molar-refractivity contribution in [3.8, 4) is 0 Å². The Bertz CT molecular complexity index is 364. The Labute approximate surface area is 113 Å². The fraction of sp³-hybridized carbons (Fsp3) is 0.600. The summed E-state index contributed by atoms with van der Waals surface area (Å²) < 4.78 is 1.27. The van der Waals surface area contributed by atoms with Crippen molar-refractivity contribution in [1.82, 2.24) is 5.32 Å². The van der Waals surface area contributed by atoms with Crippen LogP contribution < -0.4 is 5.32 Å². The lowest BCUT2D eigenvalue weighted by Gasteiger charge is -2.36. The average Bonchev–Trinajstić information content (AvgIpc) is 2.38. The van der Waals surface area contributed by atoms with Crippen LogP contribution in [0.3, 0.4) is 0 Å². The van der Waals surface area contributed by atoms with Crippen LogP contribution >= 0.6 is 15.9 Å². The Morgan fingerprint density at radius 1 is 1.41 bits per heavy atom. The third-order valence-electron chi connectivity index (χ3n) is 4.22. The van der Waals surface area contributed by atoms with Crippen molar-refractivity contribution in [2.45, 2.75) is 32.6 Å². The Balaban J connectivity index is 2.25. The molecular weight excluding hydrogens is 274 g/mol. The second-order valence-corrected chi connectivity index (χ2v) is 6.02. The SMILES string of the molecule is CCC(C)C1CCNCC1c1ccccc1Br. The van der Waals surface area contributed by atoms with Gasteiger partial charge in [-0.2, -0.15) is 0 Å². The molecule has 1 aromatic rings. The second-order valence-electron chi connectivity index (χ2n) is 5.17. The highest BCUT2D eigenvalue weighted by atomic mass is 79.9. The molecule has 0 aromatic heterocycles. The van der Waals surface area contributed by atoms with Crippen molar-refractivity contribution in [3.05, 3.63) is 34.3 Å². The van der Waals surface area contributed by atoms with Gasteiger partial charge in [0.2, 0.25) is 0 Å². The predicted octanol–water partition coefficient (Wildman–Crippen LogP) is 4.19. The molecule has 0 aliphatic carbocycles. The topological polar surface area (TPSA) is 12.0 Å². The molecule has 3 unspecified atom stereocenters. The van der Waals surface area contributed by atoms with Crippen molar-refractivity contribution in [1.29, 1.82) is 0 Å². The molecule has 0 bridgehead atoms. The quantitative estimate of drug-likeness (QED) is 0.882. The first-order chi connectivity index (χ1) is 8.24. The van der Waals surface area contributed by atoms with Crippen LogP contribution in [-0.4, -0.2) is 13.1 Å². The van der Waals surface area contributed by atoms with E-state index in [0.29, 0.717) is 5.92 Å². The van der Waals surface area contributed by atoms with Gasteiger partial charge in [0.15, 0.2) is 0 Å². The van der Waals surface area contributed by atoms with E-state index in [9.17, 15) is 0 Å². The van der Waals surface area contributed by atoms with Crippen LogP contribution in [0.2, 0.25) is 0 Å². The standard InChI is InChI=1S/C15H22BrN/c1-3-11(2)12-8-9-17-10-14(12)13-6-4-5-7-15(13)16/h4-7,11-12,14,17H,3,8-10H2,1-2H3. The molecule has 1 heterocycles. The number of nitrogens with one attached hydrogen (secondary N) is 1. The third-order valence-corrected chi connectivity index (χ3v) is 4.94. The van der Waals surface area contributed by atoms with E-state index in [1.165, 1.54) is 29.4 Å². The summed E-state index contributed by atoms with van der Waals surface area (Å²) in [5.41, 5.74) is 1.48. The Kier molecular flexibility index (Phi) is 4.63. The van der Waals surface area contributed by atoms with E-state index in [2.05, 4.69) is 59.4 Å². The number of hydrogen-bond acceptors (Lipinski definition) is 1. The largest absolute Gasteiger partial charge is 0.316 e. The van der Waals surface area contributed by atoms with Crippen molar-refractivity contribution in [3.63, 3.8) is 0 Å². The van der Waals surface area contributed by atoms with E-state index in [-0.39, 0.29) is 0 Å². The molecular formula is C15H22BrN. The number of halogens is 1. The Morgan fingerprint density at radius 2 is 2.18 bits per heavy atom. The van der Waals surface area contributed by atoms with E-state index >= 15 is 0 Å². The zero-order valence-electron chi connectivity index (χ0n) is 10.7. The average molecular weight is 296 g/mol. The van der Waals surface area contributed by atoms with Gasteiger partial charge in [-0.3, -0.25) is 0 Å². The van der Waals surface area contributed by atoms with Gasteiger partial charge < -0.3 is 5.32 Å².